The van der Waals surface area contributed by atoms with Gasteiger partial charge in [0.05, 0.1) is 60.5 Å². The smallest absolute Gasteiger partial charge is 0.463 e. The molecule has 0 aromatic heterocycles. The number of Topliss-reactive ketones (excluding diaryl/α,β-unsaturated/α-hetero) is 3. The lowest BCUT2D eigenvalue weighted by molar-refractivity contribution is -0.154. The van der Waals surface area contributed by atoms with Crippen molar-refractivity contribution in [1.82, 2.24) is 67.9 Å². The molecule has 3 aliphatic heterocycles. The summed E-state index contributed by atoms with van der Waals surface area (Å²) in [4.78, 5) is 228. The Balaban J connectivity index is 0.000000256. The Morgan fingerprint density at radius 2 is 0.899 bits per heavy atom. The van der Waals surface area contributed by atoms with Crippen LogP contribution < -0.4 is 64.6 Å². The lowest BCUT2D eigenvalue weighted by Gasteiger charge is -2.40. The normalized spacial score (nSPS) is 23.9. The van der Waals surface area contributed by atoms with Gasteiger partial charge in [-0.05, 0) is 163 Å². The Kier molecular flexibility index (Phi) is 37.5. The number of esters is 1. The van der Waals surface area contributed by atoms with Crippen LogP contribution in [-0.2, 0) is 87.9 Å². The van der Waals surface area contributed by atoms with Gasteiger partial charge in [0.2, 0.25) is 52.8 Å². The van der Waals surface area contributed by atoms with Gasteiger partial charge in [-0.2, -0.15) is 0 Å². The number of ketones is 3. The number of ether oxygens (including phenoxy) is 4. The van der Waals surface area contributed by atoms with E-state index in [4.69, 9.17) is 30.4 Å². The number of primary amides is 2. The van der Waals surface area contributed by atoms with E-state index in [2.05, 4.69) is 87.4 Å². The van der Waals surface area contributed by atoms with E-state index in [1.807, 2.05) is 148 Å². The number of nitrogens with one attached hydrogen (secondary N) is 10. The lowest BCUT2D eigenvalue weighted by Crippen LogP contribution is -2.63. The van der Waals surface area contributed by atoms with E-state index in [9.17, 15) is 81.5 Å². The van der Waals surface area contributed by atoms with Gasteiger partial charge in [-0.25, -0.2) is 19.2 Å². The van der Waals surface area contributed by atoms with Crippen molar-refractivity contribution in [3.05, 3.63) is 48.6 Å². The first kappa shape index (κ1) is 114. The number of urea groups is 3. The first-order valence-corrected chi connectivity index (χ1v) is 50.0. The first-order valence-electron chi connectivity index (χ1n) is 50.0. The Labute approximate surface area is 822 Å². The van der Waals surface area contributed by atoms with Crippen LogP contribution in [0.15, 0.2) is 43.0 Å². The summed E-state index contributed by atoms with van der Waals surface area (Å²) in [5, 5.41) is 28.4. The molecule has 3 heterocycles. The number of carbonyl (C=O) groups excluding carboxylic acids is 17. The monoisotopic (exact) mass is 1950 g/mol. The van der Waals surface area contributed by atoms with Crippen LogP contribution in [0.25, 0.3) is 0 Å². The molecule has 17 atom stereocenters. The SMILES string of the molecule is C=CCNC(=O)C(=O)C(CCC)NC(=O)[C@@H]1C2C(CN1C(=O)[C@@H](NC(=O)N[C@@H](COC(=O)OC(C)C)C(C)C)C(C)(C)C)C2(C)C.CC(C)(C)C(=O)OC[C@H](NC(=O)N[C@H](C(=O)N1CC2C([C@H]1C(=O)NC(CC1CCC1)C(=O)C(N)=O)C2(C)C)C(C)(C)C)C(C)(C)C.CC1(C)C2CN(C(=O)[C@@H](NC(=O)NC3(COCc4ccccc4)CCCCC3)C(C)(C)C)[C@H](C(=O)NC(CC3CC3)C(=O)C(N)=O)C21. The Morgan fingerprint density at radius 3 is 1.26 bits per heavy atom. The zero-order chi connectivity index (χ0) is 104. The second kappa shape index (κ2) is 45.7. The van der Waals surface area contributed by atoms with Crippen molar-refractivity contribution in [3.63, 3.8) is 0 Å². The van der Waals surface area contributed by atoms with E-state index in [0.29, 0.717) is 52.1 Å². The third-order valence-corrected chi connectivity index (χ3v) is 30.0. The van der Waals surface area contributed by atoms with Crippen LogP contribution in [0, 0.1) is 96.6 Å². The highest BCUT2D eigenvalue weighted by Gasteiger charge is 2.73. The summed E-state index contributed by atoms with van der Waals surface area (Å²) in [6.07, 6.45) is 11.1. The van der Waals surface area contributed by atoms with E-state index in [1.54, 1.807) is 39.5 Å². The summed E-state index contributed by atoms with van der Waals surface area (Å²) in [7, 11) is 0. The fourth-order valence-electron chi connectivity index (χ4n) is 20.4. The predicted octanol–water partition coefficient (Wildman–Crippen LogP) is 9.28. The molecule has 14 N–H and O–H groups in total. The molecule has 1 aromatic rings. The highest BCUT2D eigenvalue weighted by molar-refractivity contribution is 6.39. The second-order valence-corrected chi connectivity index (χ2v) is 48.1. The molecule has 6 saturated carbocycles. The van der Waals surface area contributed by atoms with Crippen molar-refractivity contribution in [2.45, 2.75) is 355 Å². The number of amides is 15. The molecule has 36 heteroatoms. The number of piperidine rings is 3. The summed E-state index contributed by atoms with van der Waals surface area (Å²) in [5.74, 6) is -8.18. The summed E-state index contributed by atoms with van der Waals surface area (Å²) in [5.41, 5.74) is 7.29. The van der Waals surface area contributed by atoms with Crippen LogP contribution in [0.3, 0.4) is 0 Å². The van der Waals surface area contributed by atoms with Crippen molar-refractivity contribution in [3.8, 4) is 0 Å². The topological polar surface area (TPSA) is 509 Å². The highest BCUT2D eigenvalue weighted by Crippen LogP contribution is 2.67. The molecular formula is C103H165N15O21. The van der Waals surface area contributed by atoms with Crippen molar-refractivity contribution < 1.29 is 100 Å². The average molecular weight is 1950 g/mol. The molecule has 36 nitrogen and oxygen atoms in total. The molecular weight excluding hydrogens is 1780 g/mol. The number of carbonyl (C=O) groups is 17. The van der Waals surface area contributed by atoms with Crippen molar-refractivity contribution in [2.75, 3.05) is 46.0 Å². The van der Waals surface area contributed by atoms with Gasteiger partial charge in [0.1, 0.15) is 49.5 Å². The fraction of sp³-hybridized carbons (Fsp3) is 0.757. The third-order valence-electron chi connectivity index (χ3n) is 30.0. The first-order chi connectivity index (χ1) is 64.3. The number of benzene rings is 1. The van der Waals surface area contributed by atoms with Gasteiger partial charge in [0.25, 0.3) is 17.7 Å². The van der Waals surface area contributed by atoms with Crippen LogP contribution in [0.2, 0.25) is 0 Å². The van der Waals surface area contributed by atoms with E-state index in [0.717, 1.165) is 69.8 Å². The number of hydrogen-bond donors (Lipinski definition) is 12. The molecule has 9 aliphatic rings. The molecule has 0 spiro atoms. The number of rotatable bonds is 39. The lowest BCUT2D eigenvalue weighted by atomic mass is 9.80. The van der Waals surface area contributed by atoms with Crippen LogP contribution in [0.4, 0.5) is 19.2 Å². The number of likely N-dealkylation sites (tertiary alicyclic amines) is 3. The molecule has 9 fully saturated rings. The molecule has 0 bridgehead atoms. The maximum Gasteiger partial charge on any atom is 0.508 e. The molecule has 139 heavy (non-hydrogen) atoms. The quantitative estimate of drug-likeness (QED) is 0.0166. The van der Waals surface area contributed by atoms with Crippen molar-refractivity contribution >= 4 is 101 Å². The number of hydrogen-bond acceptors (Lipinski definition) is 21. The number of nitrogens with zero attached hydrogens (tertiary/aromatic N) is 3. The summed E-state index contributed by atoms with van der Waals surface area (Å²) < 4.78 is 21.8. The standard InChI is InChI=1S/C36H53N5O6.C34H57N5O7.C33H55N5O8/c1-34(2,3)29(39-33(46)40-36(16-10-7-11-17-36)21-47-20-23-12-8-6-9-13-23)32(45)41-19-24-26(35(24,4)5)27(41)31(44)38-25(18-22-14-15-22)28(42)30(37)43;1-31(2,3)21(17-46-29(44)33(7,8)9)37-30(45)38-25(32(4,5)6)28(43)39-16-19-22(34(19,10)11)23(39)27(42)36-20(24(40)26(35)41)15-18-13-12-14-18;1-12-14-21(25(39)28(41)34-15-13-2)35-27(40)24-23-20(33(23,10)11)16-38(24)29(42)26(32(7,8)9)37-30(43)36-22(18(3)4)17-45-31(44)46-19(5)6/h6,8-9,12-13,22,24-27,29H,7,10-11,14-21H2,1-5H3,(H2,37,43)(H,38,44)(H2,39,40,46);18-23,25H,12-17H2,1-11H3,(H2,35,41)(H,36,42)(H2,37,38,45);13,18-24,26H,2,12,14-17H2,1,3-11H3,(H,34,41)(H,35,40)(H2,36,37,43)/t24?,25?,26?,27-,29+;19?,20?,21-,22?,23-,25+;20?,21?,22-,23?,24-,26+/m000/s1. The second-order valence-electron chi connectivity index (χ2n) is 48.1. The minimum absolute atomic E-state index is 0.0417. The Morgan fingerprint density at radius 1 is 0.489 bits per heavy atom. The maximum atomic E-state index is 14.4. The summed E-state index contributed by atoms with van der Waals surface area (Å²) >= 11 is 0. The molecule has 3 saturated heterocycles. The van der Waals surface area contributed by atoms with Crippen LogP contribution >= 0.6 is 0 Å². The molecule has 15 amide bonds. The van der Waals surface area contributed by atoms with Crippen LogP contribution in [0.5, 0.6) is 0 Å². The highest BCUT2D eigenvalue weighted by atomic mass is 16.7. The van der Waals surface area contributed by atoms with Gasteiger partial charge in [-0.3, -0.25) is 62.3 Å². The van der Waals surface area contributed by atoms with E-state index in [1.165, 1.54) is 15.9 Å². The van der Waals surface area contributed by atoms with Gasteiger partial charge < -0.3 is 98.3 Å². The molecule has 0 radical (unpaired) electrons. The fourth-order valence-corrected chi connectivity index (χ4v) is 20.4. The largest absolute Gasteiger partial charge is 0.508 e. The minimum Gasteiger partial charge on any atom is -0.463 e. The maximum absolute atomic E-state index is 14.4. The zero-order valence-electron chi connectivity index (χ0n) is 87.4. The van der Waals surface area contributed by atoms with Gasteiger partial charge in [-0.15, -0.1) is 6.58 Å². The van der Waals surface area contributed by atoms with Gasteiger partial charge in [-0.1, -0.05) is 240 Å². The van der Waals surface area contributed by atoms with Gasteiger partial charge in [0, 0.05) is 26.2 Å². The predicted molar refractivity (Wildman–Crippen MR) is 522 cm³/mol. The molecule has 6 aliphatic carbocycles. The summed E-state index contributed by atoms with van der Waals surface area (Å²) in [6, 6.07) is -1.47. The molecule has 9 unspecified atom stereocenters. The Bertz CT molecular complexity index is 4630. The Hall–Kier alpha value is -10.3. The van der Waals surface area contributed by atoms with Gasteiger partial charge in [0.15, 0.2) is 0 Å². The zero-order valence-corrected chi connectivity index (χ0v) is 87.4. The average Bonchev–Trinajstić information content (AvgIpc) is 1.53. The third kappa shape index (κ3) is 29.5. The molecule has 10 rings (SSSR count). The summed E-state index contributed by atoms with van der Waals surface area (Å²) in [6.45, 7) is 54.2. The van der Waals surface area contributed by atoms with Crippen LogP contribution in [0.1, 0.15) is 275 Å². The number of nitrogens with two attached hydrogens (primary N) is 2. The number of fused-ring (bicyclic) bond motifs is 3. The van der Waals surface area contributed by atoms with E-state index >= 15 is 0 Å². The molecule has 778 valence electrons. The van der Waals surface area contributed by atoms with Crippen LogP contribution in [-0.4, -0.2) is 240 Å². The van der Waals surface area contributed by atoms with E-state index in [-0.39, 0.29) is 114 Å². The van der Waals surface area contributed by atoms with Crippen molar-refractivity contribution in [2.24, 2.45) is 108 Å². The molecule has 1 aromatic carbocycles. The van der Waals surface area contributed by atoms with Crippen molar-refractivity contribution in [1.29, 1.82) is 0 Å². The van der Waals surface area contributed by atoms with Gasteiger partial charge >= 0.3 is 30.2 Å². The van der Waals surface area contributed by atoms with E-state index < -0.39 is 188 Å². The minimum atomic E-state index is -1.10.